The molecule has 2 rings (SSSR count). The summed E-state index contributed by atoms with van der Waals surface area (Å²) in [5, 5.41) is 13.4. The van der Waals surface area contributed by atoms with Gasteiger partial charge in [0.25, 0.3) is 0 Å². The topological polar surface area (TPSA) is 38.0 Å². The van der Waals surface area contributed by atoms with E-state index in [1.54, 1.807) is 0 Å². The molecule has 0 atom stereocenters. The molecule has 1 N–H and O–H groups in total. The first-order valence-corrected chi connectivity index (χ1v) is 2.92. The second-order valence-electron chi connectivity index (χ2n) is 2.02. The second-order valence-corrected chi connectivity index (χ2v) is 2.02. The highest BCUT2D eigenvalue weighted by atomic mass is 16.5. The fraction of sp³-hybridized carbons (Fsp3) is 0. The maximum Gasteiger partial charge on any atom is 0.140 e. The molecule has 3 nitrogen and oxygen atoms in total. The van der Waals surface area contributed by atoms with Crippen LogP contribution in [0.4, 0.5) is 0 Å². The van der Waals surface area contributed by atoms with E-state index >= 15 is 0 Å². The lowest BCUT2D eigenvalue weighted by molar-refractivity contribution is 0.149. The highest BCUT2D eigenvalue weighted by Crippen LogP contribution is 2.08. The van der Waals surface area contributed by atoms with Gasteiger partial charge in [-0.25, -0.2) is 0 Å². The van der Waals surface area contributed by atoms with E-state index in [1.807, 2.05) is 24.3 Å². The first-order chi connectivity index (χ1) is 4.86. The van der Waals surface area contributed by atoms with Crippen molar-refractivity contribution in [2.75, 3.05) is 0 Å². The Balaban J connectivity index is 2.88. The van der Waals surface area contributed by atoms with E-state index in [4.69, 9.17) is 5.21 Å². The van der Waals surface area contributed by atoms with Crippen LogP contribution in [-0.4, -0.2) is 15.2 Å². The highest BCUT2D eigenvalue weighted by Gasteiger charge is 1.95. The van der Waals surface area contributed by atoms with E-state index in [9.17, 15) is 0 Å². The molecule has 0 amide bonds. The summed E-state index contributed by atoms with van der Waals surface area (Å²) in [5.74, 6) is 0. The Hall–Kier alpha value is -1.51. The van der Waals surface area contributed by atoms with Crippen LogP contribution in [0.1, 0.15) is 0 Å². The van der Waals surface area contributed by atoms with Gasteiger partial charge in [0, 0.05) is 5.39 Å². The Kier molecular flexibility index (Phi) is 0.917. The van der Waals surface area contributed by atoms with E-state index in [0.29, 0.717) is 4.85 Å². The fourth-order valence-corrected chi connectivity index (χ4v) is 0.890. The summed E-state index contributed by atoms with van der Waals surface area (Å²) in [6, 6.07) is 7.40. The molecule has 1 radical (unpaired) electrons. The lowest BCUT2D eigenvalue weighted by Crippen LogP contribution is -1.87. The van der Waals surface area contributed by atoms with E-state index in [1.165, 1.54) is 0 Å². The van der Waals surface area contributed by atoms with Gasteiger partial charge in [0.1, 0.15) is 6.20 Å². The minimum absolute atomic E-state index is 0.699. The van der Waals surface area contributed by atoms with E-state index in [0.717, 1.165) is 10.9 Å². The van der Waals surface area contributed by atoms with Gasteiger partial charge in [-0.2, -0.15) is 0 Å². The third kappa shape index (κ3) is 0.639. The van der Waals surface area contributed by atoms with Gasteiger partial charge in [-0.05, 0) is 6.07 Å². The van der Waals surface area contributed by atoms with Crippen molar-refractivity contribution in [1.29, 1.82) is 0 Å². The molecule has 3 heteroatoms. The van der Waals surface area contributed by atoms with Gasteiger partial charge in [-0.3, -0.25) is 0 Å². The Morgan fingerprint density at radius 2 is 2.20 bits per heavy atom. The molecule has 2 aromatic rings. The largest absolute Gasteiger partial charge is 0.411 e. The van der Waals surface area contributed by atoms with Crippen LogP contribution in [-0.2, 0) is 0 Å². The minimum atomic E-state index is 0.699. The second kappa shape index (κ2) is 1.73. The van der Waals surface area contributed by atoms with Gasteiger partial charge in [-0.15, -0.1) is 5.10 Å². The molecule has 10 heavy (non-hydrogen) atoms. The minimum Gasteiger partial charge on any atom is -0.411 e. The average molecular weight is 133 g/mol. The predicted octanol–water partition coefficient (Wildman–Crippen LogP) is 1.07. The third-order valence-corrected chi connectivity index (χ3v) is 1.33. The monoisotopic (exact) mass is 133 g/mol. The van der Waals surface area contributed by atoms with E-state index in [-0.39, 0.29) is 0 Å². The number of rotatable bonds is 0. The zero-order chi connectivity index (χ0) is 6.97. The van der Waals surface area contributed by atoms with Crippen molar-refractivity contribution in [3.8, 4) is 0 Å². The molecule has 0 spiro atoms. The maximum absolute atomic E-state index is 8.81. The first kappa shape index (κ1) is 5.29. The van der Waals surface area contributed by atoms with Crippen molar-refractivity contribution in [3.05, 3.63) is 30.5 Å². The molecular weight excluding hydrogens is 128 g/mol. The Labute approximate surface area is 57.5 Å². The smallest absolute Gasteiger partial charge is 0.140 e. The zero-order valence-electron chi connectivity index (χ0n) is 5.15. The summed E-state index contributed by atoms with van der Waals surface area (Å²) in [6.45, 7) is 0. The van der Waals surface area contributed by atoms with Gasteiger partial charge in [0.15, 0.2) is 0 Å². The zero-order valence-corrected chi connectivity index (χ0v) is 5.15. The van der Waals surface area contributed by atoms with Crippen LogP contribution in [0, 0.1) is 6.20 Å². The normalized spacial score (nSPS) is 10.4. The summed E-state index contributed by atoms with van der Waals surface area (Å²) in [7, 11) is 0. The van der Waals surface area contributed by atoms with Crippen LogP contribution in [0.15, 0.2) is 24.3 Å². The molecule has 0 unspecified atom stereocenters. The van der Waals surface area contributed by atoms with Crippen LogP contribution in [0.5, 0.6) is 0 Å². The predicted molar refractivity (Wildman–Crippen MR) is 35.8 cm³/mol. The maximum atomic E-state index is 8.81. The van der Waals surface area contributed by atoms with Crippen LogP contribution in [0.3, 0.4) is 0 Å². The highest BCUT2D eigenvalue weighted by molar-refractivity contribution is 5.76. The number of benzene rings is 1. The summed E-state index contributed by atoms with van der Waals surface area (Å²) in [6.07, 6.45) is 2.62. The average Bonchev–Trinajstić information content (AvgIpc) is 2.27. The molecule has 0 bridgehead atoms. The molecule has 0 aliphatic carbocycles. The number of nitrogens with zero attached hydrogens (tertiary/aromatic N) is 2. The Morgan fingerprint density at radius 3 is 3.00 bits per heavy atom. The SMILES string of the molecule is On1[c]c2ccccc2n1. The summed E-state index contributed by atoms with van der Waals surface area (Å²) in [5.41, 5.74) is 0.755. The molecule has 1 aromatic carbocycles. The molecule has 0 fully saturated rings. The van der Waals surface area contributed by atoms with Crippen LogP contribution in [0.2, 0.25) is 0 Å². The lowest BCUT2D eigenvalue weighted by atomic mass is 10.3. The van der Waals surface area contributed by atoms with Gasteiger partial charge >= 0.3 is 0 Å². The van der Waals surface area contributed by atoms with Crippen molar-refractivity contribution in [2.24, 2.45) is 0 Å². The van der Waals surface area contributed by atoms with E-state index < -0.39 is 0 Å². The molecule has 0 aliphatic rings. The van der Waals surface area contributed by atoms with Crippen LogP contribution in [0.25, 0.3) is 10.9 Å². The molecule has 49 valence electrons. The molecule has 1 aromatic heterocycles. The summed E-state index contributed by atoms with van der Waals surface area (Å²) in [4.78, 5) is 0.699. The van der Waals surface area contributed by atoms with Crippen molar-refractivity contribution >= 4 is 10.9 Å². The molecule has 1 heterocycles. The van der Waals surface area contributed by atoms with Gasteiger partial charge in [-0.1, -0.05) is 23.0 Å². The third-order valence-electron chi connectivity index (χ3n) is 1.33. The molecule has 0 aliphatic heterocycles. The Morgan fingerprint density at radius 1 is 1.40 bits per heavy atom. The fourth-order valence-electron chi connectivity index (χ4n) is 0.890. The number of aromatic nitrogens is 2. The number of hydrogen-bond donors (Lipinski definition) is 1. The van der Waals surface area contributed by atoms with Crippen molar-refractivity contribution in [3.63, 3.8) is 0 Å². The molecule has 0 saturated heterocycles. The number of fused-ring (bicyclic) bond motifs is 1. The van der Waals surface area contributed by atoms with Crippen LogP contribution < -0.4 is 0 Å². The van der Waals surface area contributed by atoms with E-state index in [2.05, 4.69) is 11.3 Å². The van der Waals surface area contributed by atoms with Gasteiger partial charge < -0.3 is 5.21 Å². The Bertz CT molecular complexity index is 320. The van der Waals surface area contributed by atoms with Crippen molar-refractivity contribution < 1.29 is 5.21 Å². The first-order valence-electron chi connectivity index (χ1n) is 2.92. The van der Waals surface area contributed by atoms with Crippen LogP contribution >= 0.6 is 0 Å². The molecule has 0 saturated carbocycles. The summed E-state index contributed by atoms with van der Waals surface area (Å²) >= 11 is 0. The van der Waals surface area contributed by atoms with Crippen molar-refractivity contribution in [1.82, 2.24) is 9.94 Å². The summed E-state index contributed by atoms with van der Waals surface area (Å²) < 4.78 is 0. The quantitative estimate of drug-likeness (QED) is 0.546. The number of hydrogen-bond acceptors (Lipinski definition) is 2. The standard InChI is InChI=1S/C7H5N2O/c10-9-5-6-3-1-2-4-7(6)8-9/h1-4,10H. The van der Waals surface area contributed by atoms with Gasteiger partial charge in [0.2, 0.25) is 0 Å². The van der Waals surface area contributed by atoms with Gasteiger partial charge in [0.05, 0.1) is 5.52 Å². The lowest BCUT2D eigenvalue weighted by Gasteiger charge is -1.79. The molecular formula is C7H5N2O. The van der Waals surface area contributed by atoms with Crippen molar-refractivity contribution in [2.45, 2.75) is 0 Å².